The zero-order chi connectivity index (χ0) is 23.8. The molecule has 0 atom stereocenters. The largest absolute Gasteiger partial charge is 0.480 e. The highest BCUT2D eigenvalue weighted by Gasteiger charge is 2.37. The van der Waals surface area contributed by atoms with Crippen molar-refractivity contribution in [3.05, 3.63) is 58.7 Å². The molecule has 0 aromatic heterocycles. The zero-order valence-corrected chi connectivity index (χ0v) is 18.1. The molecule has 1 fully saturated rings. The van der Waals surface area contributed by atoms with Gasteiger partial charge in [-0.25, -0.2) is 4.79 Å². The molecule has 3 rings (SSSR count). The Morgan fingerprint density at radius 2 is 1.59 bits per heavy atom. The lowest BCUT2D eigenvalue weighted by Crippen LogP contribution is -2.33. The lowest BCUT2D eigenvalue weighted by Gasteiger charge is -2.24. The van der Waals surface area contributed by atoms with Gasteiger partial charge in [-0.15, -0.1) is 0 Å². The van der Waals surface area contributed by atoms with E-state index in [4.69, 9.17) is 4.74 Å². The van der Waals surface area contributed by atoms with Crippen LogP contribution in [0.1, 0.15) is 36.1 Å². The molecule has 3 amide bonds. The van der Waals surface area contributed by atoms with Crippen LogP contribution in [0.15, 0.2) is 36.4 Å². The Bertz CT molecular complexity index is 1040. The van der Waals surface area contributed by atoms with E-state index in [9.17, 15) is 27.6 Å². The molecule has 1 saturated heterocycles. The predicted molar refractivity (Wildman–Crippen MR) is 111 cm³/mol. The van der Waals surface area contributed by atoms with Crippen molar-refractivity contribution >= 4 is 23.9 Å². The lowest BCUT2D eigenvalue weighted by atomic mass is 10.0. The van der Waals surface area contributed by atoms with E-state index in [1.165, 1.54) is 12.1 Å². The summed E-state index contributed by atoms with van der Waals surface area (Å²) in [5, 5.41) is 0. The lowest BCUT2D eigenvalue weighted by molar-refractivity contribution is -0.137. The maximum atomic E-state index is 12.8. The molecule has 0 N–H and O–H groups in total. The molecule has 9 heteroatoms. The van der Waals surface area contributed by atoms with Gasteiger partial charge < -0.3 is 4.74 Å². The Morgan fingerprint density at radius 3 is 2.09 bits per heavy atom. The Labute approximate surface area is 183 Å². The van der Waals surface area contributed by atoms with Gasteiger partial charge in [-0.05, 0) is 68.7 Å². The second-order valence-corrected chi connectivity index (χ2v) is 8.28. The number of anilines is 1. The number of imide groups is 1. The van der Waals surface area contributed by atoms with Crippen molar-refractivity contribution in [3.8, 4) is 5.75 Å². The number of aryl methyl sites for hydroxylation is 2. The Balaban J connectivity index is 1.79. The monoisotopic (exact) mass is 448 g/mol. The number of benzene rings is 2. The number of urea groups is 1. The van der Waals surface area contributed by atoms with Gasteiger partial charge in [0.15, 0.2) is 11.9 Å². The van der Waals surface area contributed by atoms with E-state index in [1.807, 2.05) is 0 Å². The van der Waals surface area contributed by atoms with E-state index in [-0.39, 0.29) is 18.8 Å². The number of hydrogen-bond donors (Lipinski definition) is 0. The van der Waals surface area contributed by atoms with Gasteiger partial charge in [-0.2, -0.15) is 13.2 Å². The summed E-state index contributed by atoms with van der Waals surface area (Å²) in [6.07, 6.45) is -3.78. The molecule has 2 aromatic carbocycles. The molecule has 0 unspecified atom stereocenters. The number of carbonyl (C=O) groups is 3. The SMILES string of the molecule is Cc1cc(CN2C(=O)CN(c3ccc(C(F)(F)F)cc3)C2=O)cc(C)c1OC(C)(C)C=O. The normalized spacial score (nSPS) is 14.8. The average Bonchev–Trinajstić information content (AvgIpc) is 2.98. The molecule has 0 bridgehead atoms. The Morgan fingerprint density at radius 1 is 1.03 bits per heavy atom. The van der Waals surface area contributed by atoms with Crippen LogP contribution in [0.2, 0.25) is 0 Å². The van der Waals surface area contributed by atoms with E-state index in [0.717, 1.165) is 33.1 Å². The van der Waals surface area contributed by atoms with Crippen molar-refractivity contribution in [2.24, 2.45) is 0 Å². The highest BCUT2D eigenvalue weighted by atomic mass is 19.4. The average molecular weight is 448 g/mol. The summed E-state index contributed by atoms with van der Waals surface area (Å²) in [6.45, 7) is 6.64. The molecular formula is C23H23F3N2O4. The third kappa shape index (κ3) is 4.76. The van der Waals surface area contributed by atoms with Gasteiger partial charge in [0.25, 0.3) is 5.91 Å². The molecule has 2 aromatic rings. The standard InChI is InChI=1S/C23H23F3N2O4/c1-14-9-16(10-15(2)20(14)32-22(3,4)13-29)11-28-19(30)12-27(21(28)31)18-7-5-17(6-8-18)23(24,25)26/h5-10,13H,11-12H2,1-4H3. The van der Waals surface area contributed by atoms with Gasteiger partial charge >= 0.3 is 12.2 Å². The molecule has 0 spiro atoms. The quantitative estimate of drug-likeness (QED) is 0.477. The van der Waals surface area contributed by atoms with Gasteiger partial charge in [-0.1, -0.05) is 12.1 Å². The van der Waals surface area contributed by atoms with Crippen LogP contribution in [0.5, 0.6) is 5.75 Å². The predicted octanol–water partition coefficient (Wildman–Crippen LogP) is 4.65. The molecule has 0 radical (unpaired) electrons. The molecule has 1 aliphatic rings. The van der Waals surface area contributed by atoms with E-state index in [0.29, 0.717) is 17.6 Å². The van der Waals surface area contributed by atoms with E-state index in [2.05, 4.69) is 0 Å². The molecule has 32 heavy (non-hydrogen) atoms. The summed E-state index contributed by atoms with van der Waals surface area (Å²) in [5.74, 6) is 0.101. The topological polar surface area (TPSA) is 66.9 Å². The van der Waals surface area contributed by atoms with Crippen LogP contribution in [0.25, 0.3) is 0 Å². The van der Waals surface area contributed by atoms with E-state index in [1.54, 1.807) is 39.8 Å². The Hall–Kier alpha value is -3.36. The van der Waals surface area contributed by atoms with Crippen LogP contribution in [-0.4, -0.2) is 35.3 Å². The highest BCUT2D eigenvalue weighted by Crippen LogP contribution is 2.32. The fourth-order valence-corrected chi connectivity index (χ4v) is 3.49. The molecule has 0 saturated carbocycles. The van der Waals surface area contributed by atoms with Crippen LogP contribution in [-0.2, 0) is 22.3 Å². The van der Waals surface area contributed by atoms with Crippen molar-refractivity contribution in [1.29, 1.82) is 0 Å². The molecule has 170 valence electrons. The fraction of sp³-hybridized carbons (Fsp3) is 0.348. The first-order valence-corrected chi connectivity index (χ1v) is 9.87. The smallest absolute Gasteiger partial charge is 0.416 e. The number of ether oxygens (including phenoxy) is 1. The molecular weight excluding hydrogens is 425 g/mol. The second-order valence-electron chi connectivity index (χ2n) is 8.28. The van der Waals surface area contributed by atoms with Crippen LogP contribution >= 0.6 is 0 Å². The van der Waals surface area contributed by atoms with Crippen molar-refractivity contribution in [3.63, 3.8) is 0 Å². The number of nitrogens with zero attached hydrogens (tertiary/aromatic N) is 2. The summed E-state index contributed by atoms with van der Waals surface area (Å²) < 4.78 is 44.1. The number of carbonyl (C=O) groups excluding carboxylic acids is 3. The first-order chi connectivity index (χ1) is 14.8. The van der Waals surface area contributed by atoms with Crippen molar-refractivity contribution in [2.45, 2.75) is 46.0 Å². The third-order valence-corrected chi connectivity index (χ3v) is 5.07. The minimum absolute atomic E-state index is 0.00777. The first-order valence-electron chi connectivity index (χ1n) is 9.87. The zero-order valence-electron chi connectivity index (χ0n) is 18.1. The maximum Gasteiger partial charge on any atom is 0.416 e. The van der Waals surface area contributed by atoms with Gasteiger partial charge in [-0.3, -0.25) is 19.4 Å². The van der Waals surface area contributed by atoms with Gasteiger partial charge in [0.05, 0.1) is 12.1 Å². The number of amides is 3. The van der Waals surface area contributed by atoms with Crippen LogP contribution < -0.4 is 9.64 Å². The van der Waals surface area contributed by atoms with Crippen LogP contribution in [0.3, 0.4) is 0 Å². The number of alkyl halides is 3. The van der Waals surface area contributed by atoms with E-state index >= 15 is 0 Å². The summed E-state index contributed by atoms with van der Waals surface area (Å²) in [7, 11) is 0. The summed E-state index contributed by atoms with van der Waals surface area (Å²) in [6, 6.07) is 7.03. The third-order valence-electron chi connectivity index (χ3n) is 5.07. The highest BCUT2D eigenvalue weighted by molar-refractivity contribution is 6.12. The first kappa shape index (κ1) is 23.3. The van der Waals surface area contributed by atoms with Crippen LogP contribution in [0, 0.1) is 13.8 Å². The van der Waals surface area contributed by atoms with Crippen molar-refractivity contribution < 1.29 is 32.3 Å². The molecule has 1 heterocycles. The number of aldehydes is 1. The fourth-order valence-electron chi connectivity index (χ4n) is 3.49. The van der Waals surface area contributed by atoms with Gasteiger partial charge in [0.2, 0.25) is 0 Å². The molecule has 0 aliphatic carbocycles. The molecule has 6 nitrogen and oxygen atoms in total. The van der Waals surface area contributed by atoms with Crippen LogP contribution in [0.4, 0.5) is 23.7 Å². The summed E-state index contributed by atoms with van der Waals surface area (Å²) in [5.41, 5.74) is 0.558. The minimum atomic E-state index is -4.48. The number of rotatable bonds is 6. The number of halogens is 3. The number of hydrogen-bond acceptors (Lipinski definition) is 4. The van der Waals surface area contributed by atoms with E-state index < -0.39 is 29.3 Å². The minimum Gasteiger partial charge on any atom is -0.480 e. The Kier molecular flexibility index (Phi) is 6.04. The second kappa shape index (κ2) is 8.29. The van der Waals surface area contributed by atoms with Crippen molar-refractivity contribution in [2.75, 3.05) is 11.4 Å². The van der Waals surface area contributed by atoms with Crippen molar-refractivity contribution in [1.82, 2.24) is 4.90 Å². The summed E-state index contributed by atoms with van der Waals surface area (Å²) >= 11 is 0. The van der Waals surface area contributed by atoms with Gasteiger partial charge in [0, 0.05) is 5.69 Å². The maximum absolute atomic E-state index is 12.8. The molecule has 1 aliphatic heterocycles. The summed E-state index contributed by atoms with van der Waals surface area (Å²) in [4.78, 5) is 38.7. The van der Waals surface area contributed by atoms with Gasteiger partial charge in [0.1, 0.15) is 12.3 Å².